The largest absolute Gasteiger partial charge is 0.297 e. The van der Waals surface area contributed by atoms with Crippen LogP contribution in [0, 0.1) is 35.5 Å². The lowest BCUT2D eigenvalue weighted by molar-refractivity contribution is 0.0281. The van der Waals surface area contributed by atoms with Crippen molar-refractivity contribution >= 4 is 0 Å². The molecule has 0 spiro atoms. The van der Waals surface area contributed by atoms with Gasteiger partial charge in [0.25, 0.3) is 0 Å². The summed E-state index contributed by atoms with van der Waals surface area (Å²) in [4.78, 5) is 2.69. The van der Waals surface area contributed by atoms with Gasteiger partial charge in [0.15, 0.2) is 0 Å². The van der Waals surface area contributed by atoms with Gasteiger partial charge in [-0.25, -0.2) is 0 Å². The van der Waals surface area contributed by atoms with Gasteiger partial charge < -0.3 is 0 Å². The van der Waals surface area contributed by atoms with Gasteiger partial charge in [0, 0.05) is 12.1 Å². The van der Waals surface area contributed by atoms with Crippen LogP contribution in [0.4, 0.5) is 0 Å². The van der Waals surface area contributed by atoms with Crippen molar-refractivity contribution in [3.63, 3.8) is 0 Å². The Morgan fingerprint density at radius 2 is 0.625 bits per heavy atom. The van der Waals surface area contributed by atoms with Gasteiger partial charge in [-0.15, -0.1) is 0 Å². The van der Waals surface area contributed by atoms with Gasteiger partial charge in [-0.1, -0.05) is 175 Å². The molecule has 40 heavy (non-hydrogen) atoms. The molecule has 2 fully saturated rings. The molecule has 8 atom stereocenters. The lowest BCUT2D eigenvalue weighted by Gasteiger charge is -2.46. The van der Waals surface area contributed by atoms with Crippen molar-refractivity contribution in [3.05, 3.63) is 0 Å². The first-order valence-corrected chi connectivity index (χ1v) is 16.4. The number of nitrogens with zero attached hydrogens (tertiary/aromatic N) is 1. The molecule has 0 amide bonds. The average molecular weight is 584 g/mol. The zero-order valence-corrected chi connectivity index (χ0v) is 29.6. The van der Waals surface area contributed by atoms with Crippen LogP contribution >= 0.6 is 0 Å². The topological polar surface area (TPSA) is 3.24 Å². The van der Waals surface area contributed by atoms with Crippen LogP contribution < -0.4 is 0 Å². The molecule has 1 saturated carbocycles. The second-order valence-electron chi connectivity index (χ2n) is 9.52. The van der Waals surface area contributed by atoms with Crippen LogP contribution in [0.3, 0.4) is 0 Å². The van der Waals surface area contributed by atoms with E-state index in [0.717, 1.165) is 47.6 Å². The van der Waals surface area contributed by atoms with E-state index in [1.807, 2.05) is 69.2 Å². The van der Waals surface area contributed by atoms with Crippen LogP contribution in [-0.2, 0) is 0 Å². The van der Waals surface area contributed by atoms with Crippen LogP contribution in [0.2, 0.25) is 0 Å². The SMILES string of the molecule is C.C.C.C.C.CC.CC.CC.CC.CC.CCC.CCCN1[C@H](C)[C@H](C)C[C@H](C)[C@@H]1C.C[C@@H]1[C@H](C)[C@H](C)C[C@@H]1C. The lowest BCUT2D eigenvalue weighted by Crippen LogP contribution is -2.51. The summed E-state index contributed by atoms with van der Waals surface area (Å²) < 4.78 is 0. The van der Waals surface area contributed by atoms with Gasteiger partial charge in [-0.2, -0.15) is 0 Å². The van der Waals surface area contributed by atoms with Crippen LogP contribution in [0.5, 0.6) is 0 Å². The first-order chi connectivity index (χ1) is 16.6. The molecule has 0 aromatic rings. The zero-order valence-electron chi connectivity index (χ0n) is 29.6. The summed E-state index contributed by atoms with van der Waals surface area (Å²) in [5, 5.41) is 0. The van der Waals surface area contributed by atoms with E-state index in [0.29, 0.717) is 0 Å². The molecule has 0 aromatic carbocycles. The van der Waals surface area contributed by atoms with E-state index in [1.165, 1.54) is 32.2 Å². The average Bonchev–Trinajstić information content (AvgIpc) is 3.12. The number of likely N-dealkylation sites (tertiary alicyclic amines) is 1. The first kappa shape index (κ1) is 72.3. The van der Waals surface area contributed by atoms with Gasteiger partial charge in [0.1, 0.15) is 0 Å². The van der Waals surface area contributed by atoms with Crippen molar-refractivity contribution in [1.82, 2.24) is 4.90 Å². The minimum Gasteiger partial charge on any atom is -0.297 e. The highest BCUT2D eigenvalue weighted by molar-refractivity contribution is 4.87. The molecule has 0 unspecified atom stereocenters. The maximum absolute atomic E-state index is 2.69. The molecular formula is C39H101N. The highest BCUT2D eigenvalue weighted by Gasteiger charge is 2.33. The van der Waals surface area contributed by atoms with Crippen LogP contribution in [-0.4, -0.2) is 23.5 Å². The smallest absolute Gasteiger partial charge is 0.00955 e. The highest BCUT2D eigenvalue weighted by Crippen LogP contribution is 2.40. The predicted molar refractivity (Wildman–Crippen MR) is 206 cm³/mol. The van der Waals surface area contributed by atoms with Crippen molar-refractivity contribution in [3.8, 4) is 0 Å². The molecule has 1 nitrogen and oxygen atoms in total. The number of rotatable bonds is 2. The Morgan fingerprint density at radius 1 is 0.425 bits per heavy atom. The Labute approximate surface area is 266 Å². The van der Waals surface area contributed by atoms with E-state index in [1.54, 1.807) is 0 Å². The summed E-state index contributed by atoms with van der Waals surface area (Å²) in [7, 11) is 0. The van der Waals surface area contributed by atoms with Crippen molar-refractivity contribution < 1.29 is 0 Å². The van der Waals surface area contributed by atoms with E-state index in [-0.39, 0.29) is 37.1 Å². The Morgan fingerprint density at radius 3 is 0.775 bits per heavy atom. The third kappa shape index (κ3) is 34.2. The second-order valence-corrected chi connectivity index (χ2v) is 9.52. The van der Waals surface area contributed by atoms with E-state index in [4.69, 9.17) is 0 Å². The standard InChI is InChI=1S/C12H25N.C9H18.C3H8.5C2H6.5CH4/c1-6-7-13-11(4)9(2)8-10(3)12(13)5;1-6-5-7(2)9(4)8(6)3;1-3-2;5*1-2;;;;;/h9-12H,6-8H2,1-5H3;6-9H,5H2,1-4H3;3H2,1-2H3;5*1-2H3;5*1H4/t9-,10+,11-,12+;6-,7+,8-,9+;;;;;;;;;;;. The van der Waals surface area contributed by atoms with E-state index < -0.39 is 0 Å². The zero-order chi connectivity index (χ0) is 29.7. The van der Waals surface area contributed by atoms with Crippen molar-refractivity contribution in [2.45, 2.75) is 220 Å². The number of piperidine rings is 1. The number of hydrogen-bond acceptors (Lipinski definition) is 1. The summed E-state index contributed by atoms with van der Waals surface area (Å²) in [6, 6.07) is 1.57. The minimum atomic E-state index is 0. The molecule has 1 heteroatoms. The fraction of sp³-hybridized carbons (Fsp3) is 1.00. The van der Waals surface area contributed by atoms with Crippen LogP contribution in [0.1, 0.15) is 208 Å². The first-order valence-electron chi connectivity index (χ1n) is 16.4. The summed E-state index contributed by atoms with van der Waals surface area (Å²) in [6.07, 6.45) is 5.39. The molecule has 2 rings (SSSR count). The number of hydrogen-bond donors (Lipinski definition) is 0. The van der Waals surface area contributed by atoms with Crippen LogP contribution in [0.15, 0.2) is 0 Å². The molecule has 262 valence electrons. The molecule has 1 aliphatic heterocycles. The Kier molecular flexibility index (Phi) is 99.4. The summed E-state index contributed by atoms with van der Waals surface area (Å²) in [5.41, 5.74) is 0. The molecule has 1 heterocycles. The monoisotopic (exact) mass is 584 g/mol. The molecule has 2 aliphatic rings. The molecule has 0 aromatic heterocycles. The summed E-state index contributed by atoms with van der Waals surface area (Å²) >= 11 is 0. The maximum Gasteiger partial charge on any atom is 0.00955 e. The lowest BCUT2D eigenvalue weighted by atomic mass is 9.81. The quantitative estimate of drug-likeness (QED) is 0.312. The summed E-state index contributed by atoms with van der Waals surface area (Å²) in [5.74, 6) is 5.60. The van der Waals surface area contributed by atoms with Crippen molar-refractivity contribution in [2.75, 3.05) is 6.54 Å². The van der Waals surface area contributed by atoms with E-state index in [9.17, 15) is 0 Å². The predicted octanol–water partition coefficient (Wildman–Crippen LogP) is 15.8. The van der Waals surface area contributed by atoms with Gasteiger partial charge in [-0.3, -0.25) is 4.90 Å². The molecule has 0 N–H and O–H groups in total. The normalized spacial score (nSPS) is 26.6. The van der Waals surface area contributed by atoms with Crippen LogP contribution in [0.25, 0.3) is 0 Å². The van der Waals surface area contributed by atoms with Crippen molar-refractivity contribution in [2.24, 2.45) is 35.5 Å². The molecule has 0 radical (unpaired) electrons. The molecular weight excluding hydrogens is 482 g/mol. The maximum atomic E-state index is 2.69. The van der Waals surface area contributed by atoms with E-state index in [2.05, 4.69) is 81.1 Å². The Bertz CT molecular complexity index is 301. The Hall–Kier alpha value is -0.0400. The molecule has 1 saturated heterocycles. The van der Waals surface area contributed by atoms with E-state index >= 15 is 0 Å². The van der Waals surface area contributed by atoms with Gasteiger partial charge in [-0.05, 0) is 75.2 Å². The van der Waals surface area contributed by atoms with Gasteiger partial charge in [0.05, 0.1) is 0 Å². The molecule has 0 bridgehead atoms. The third-order valence-electron chi connectivity index (χ3n) is 7.29. The fourth-order valence-electron chi connectivity index (χ4n) is 4.72. The second kappa shape index (κ2) is 55.0. The molecule has 1 aliphatic carbocycles. The fourth-order valence-corrected chi connectivity index (χ4v) is 4.72. The third-order valence-corrected chi connectivity index (χ3v) is 7.29. The van der Waals surface area contributed by atoms with Gasteiger partial charge >= 0.3 is 0 Å². The summed E-state index contributed by atoms with van der Waals surface area (Å²) in [6.45, 7) is 46.9. The van der Waals surface area contributed by atoms with Gasteiger partial charge in [0.2, 0.25) is 0 Å². The highest BCUT2D eigenvalue weighted by atomic mass is 15.2. The Balaban J connectivity index is -0.0000000309. The van der Waals surface area contributed by atoms with Crippen molar-refractivity contribution in [1.29, 1.82) is 0 Å². The minimum absolute atomic E-state index is 0.